The van der Waals surface area contributed by atoms with Crippen LogP contribution in [0.2, 0.25) is 0 Å². The number of hydrogen-bond acceptors (Lipinski definition) is 4. The molecule has 1 aliphatic heterocycles. The summed E-state index contributed by atoms with van der Waals surface area (Å²) >= 11 is 0. The molecule has 7 heteroatoms. The van der Waals surface area contributed by atoms with Gasteiger partial charge < -0.3 is 20.4 Å². The summed E-state index contributed by atoms with van der Waals surface area (Å²) in [5, 5.41) is 0.912. The molecule has 2 amide bonds. The van der Waals surface area contributed by atoms with E-state index in [1.165, 1.54) is 4.90 Å². The van der Waals surface area contributed by atoms with Gasteiger partial charge in [0.1, 0.15) is 11.7 Å². The first-order chi connectivity index (χ1) is 10.2. The summed E-state index contributed by atoms with van der Waals surface area (Å²) in [5.41, 5.74) is 6.93. The number of fused-ring (bicyclic) bond motifs is 1. The van der Waals surface area contributed by atoms with Crippen LogP contribution in [0.5, 0.6) is 0 Å². The van der Waals surface area contributed by atoms with Crippen molar-refractivity contribution in [2.24, 2.45) is 5.73 Å². The zero-order chi connectivity index (χ0) is 14.8. The quantitative estimate of drug-likeness (QED) is 0.818. The number of ether oxygens (including phenoxy) is 1. The Kier molecular flexibility index (Phi) is 3.57. The van der Waals surface area contributed by atoms with Crippen molar-refractivity contribution in [1.82, 2.24) is 14.9 Å². The fraction of sp³-hybridized carbons (Fsp3) is 0.357. The van der Waals surface area contributed by atoms with Gasteiger partial charge in [0.25, 0.3) is 0 Å². The van der Waals surface area contributed by atoms with Gasteiger partial charge in [-0.15, -0.1) is 0 Å². The van der Waals surface area contributed by atoms with E-state index in [9.17, 15) is 9.59 Å². The van der Waals surface area contributed by atoms with Gasteiger partial charge in [0.05, 0.1) is 19.6 Å². The maximum Gasteiger partial charge on any atom is 0.242 e. The minimum absolute atomic E-state index is 0.133. The summed E-state index contributed by atoms with van der Waals surface area (Å²) < 4.78 is 5.22. The van der Waals surface area contributed by atoms with Crippen LogP contribution in [0, 0.1) is 0 Å². The third-order valence-electron chi connectivity index (χ3n) is 3.66. The molecule has 3 N–H and O–H groups in total. The van der Waals surface area contributed by atoms with Crippen LogP contribution in [0.1, 0.15) is 5.56 Å². The van der Waals surface area contributed by atoms with Gasteiger partial charge in [-0.25, -0.2) is 4.98 Å². The van der Waals surface area contributed by atoms with Crippen molar-refractivity contribution in [2.75, 3.05) is 19.8 Å². The second kappa shape index (κ2) is 5.53. The highest BCUT2D eigenvalue weighted by atomic mass is 16.5. The molecular formula is C14H16N4O3. The van der Waals surface area contributed by atoms with E-state index < -0.39 is 11.9 Å². The summed E-state index contributed by atoms with van der Waals surface area (Å²) in [4.78, 5) is 32.6. The number of H-pyrrole nitrogens is 1. The number of aromatic nitrogens is 2. The largest absolute Gasteiger partial charge is 0.377 e. The SMILES string of the molecule is NC(=O)[C@H]1COCCN1C(=O)Cc1c[nH]c2ncccc12. The number of aromatic amines is 1. The number of carbonyl (C=O) groups excluding carboxylic acids is 2. The predicted octanol–water partition coefficient (Wildman–Crippen LogP) is -0.182. The summed E-state index contributed by atoms with van der Waals surface area (Å²) in [6.07, 6.45) is 3.67. The highest BCUT2D eigenvalue weighted by molar-refractivity contribution is 5.90. The number of carbonyl (C=O) groups is 2. The molecule has 2 aromatic heterocycles. The number of rotatable bonds is 3. The third-order valence-corrected chi connectivity index (χ3v) is 3.66. The van der Waals surface area contributed by atoms with Gasteiger partial charge in [0.2, 0.25) is 11.8 Å². The lowest BCUT2D eigenvalue weighted by Gasteiger charge is -2.33. The molecule has 0 unspecified atom stereocenters. The molecule has 0 aliphatic carbocycles. The van der Waals surface area contributed by atoms with Gasteiger partial charge >= 0.3 is 0 Å². The third kappa shape index (κ3) is 2.59. The van der Waals surface area contributed by atoms with E-state index in [0.29, 0.717) is 13.2 Å². The van der Waals surface area contributed by atoms with E-state index in [4.69, 9.17) is 10.5 Å². The smallest absolute Gasteiger partial charge is 0.242 e. The second-order valence-corrected chi connectivity index (χ2v) is 4.97. The highest BCUT2D eigenvalue weighted by Crippen LogP contribution is 2.18. The summed E-state index contributed by atoms with van der Waals surface area (Å²) in [7, 11) is 0. The minimum Gasteiger partial charge on any atom is -0.377 e. The van der Waals surface area contributed by atoms with E-state index in [0.717, 1.165) is 16.6 Å². The zero-order valence-corrected chi connectivity index (χ0v) is 11.4. The predicted molar refractivity (Wildman–Crippen MR) is 75.3 cm³/mol. The molecule has 1 atom stereocenters. The Balaban J connectivity index is 1.80. The number of nitrogens with zero attached hydrogens (tertiary/aromatic N) is 2. The molecule has 3 heterocycles. The molecule has 110 valence electrons. The molecule has 0 saturated carbocycles. The lowest BCUT2D eigenvalue weighted by Crippen LogP contribution is -2.55. The maximum absolute atomic E-state index is 12.5. The van der Waals surface area contributed by atoms with Crippen LogP contribution < -0.4 is 5.73 Å². The fourth-order valence-electron chi connectivity index (χ4n) is 2.56. The van der Waals surface area contributed by atoms with E-state index in [-0.39, 0.29) is 18.9 Å². The molecule has 2 aromatic rings. The first kappa shape index (κ1) is 13.6. The van der Waals surface area contributed by atoms with Crippen molar-refractivity contribution in [3.8, 4) is 0 Å². The van der Waals surface area contributed by atoms with Gasteiger partial charge in [0, 0.05) is 24.3 Å². The van der Waals surface area contributed by atoms with Crippen molar-refractivity contribution in [3.05, 3.63) is 30.1 Å². The zero-order valence-electron chi connectivity index (χ0n) is 11.4. The Morgan fingerprint density at radius 2 is 2.38 bits per heavy atom. The van der Waals surface area contributed by atoms with E-state index >= 15 is 0 Å². The van der Waals surface area contributed by atoms with E-state index in [1.807, 2.05) is 12.1 Å². The van der Waals surface area contributed by atoms with Gasteiger partial charge in [-0.05, 0) is 17.7 Å². The number of pyridine rings is 1. The number of amides is 2. The molecule has 0 aromatic carbocycles. The molecule has 7 nitrogen and oxygen atoms in total. The Bertz CT molecular complexity index is 682. The van der Waals surface area contributed by atoms with Crippen LogP contribution in [0.3, 0.4) is 0 Å². The number of nitrogens with two attached hydrogens (primary N) is 1. The molecule has 1 aliphatic rings. The summed E-state index contributed by atoms with van der Waals surface area (Å²) in [6, 6.07) is 3.05. The van der Waals surface area contributed by atoms with Crippen molar-refractivity contribution >= 4 is 22.8 Å². The van der Waals surface area contributed by atoms with Crippen molar-refractivity contribution in [2.45, 2.75) is 12.5 Å². The van der Waals surface area contributed by atoms with Crippen LogP contribution in [0.4, 0.5) is 0 Å². The Morgan fingerprint density at radius 3 is 3.19 bits per heavy atom. The minimum atomic E-state index is -0.686. The molecule has 0 radical (unpaired) electrons. The monoisotopic (exact) mass is 288 g/mol. The van der Waals surface area contributed by atoms with Crippen LogP contribution in [0.15, 0.2) is 24.5 Å². The molecule has 1 fully saturated rings. The maximum atomic E-state index is 12.5. The topological polar surface area (TPSA) is 101 Å². The highest BCUT2D eigenvalue weighted by Gasteiger charge is 2.31. The van der Waals surface area contributed by atoms with Crippen LogP contribution >= 0.6 is 0 Å². The van der Waals surface area contributed by atoms with Gasteiger partial charge in [-0.2, -0.15) is 0 Å². The summed E-state index contributed by atoms with van der Waals surface area (Å²) in [6.45, 7) is 0.967. The normalized spacial score (nSPS) is 18.9. The number of morpholine rings is 1. The first-order valence-electron chi connectivity index (χ1n) is 6.74. The second-order valence-electron chi connectivity index (χ2n) is 4.97. The van der Waals surface area contributed by atoms with E-state index in [2.05, 4.69) is 9.97 Å². The molecular weight excluding hydrogens is 272 g/mol. The number of hydrogen-bond donors (Lipinski definition) is 2. The molecule has 21 heavy (non-hydrogen) atoms. The summed E-state index contributed by atoms with van der Waals surface area (Å²) in [5.74, 6) is -0.671. The number of nitrogens with one attached hydrogen (secondary N) is 1. The molecule has 1 saturated heterocycles. The average molecular weight is 288 g/mol. The Morgan fingerprint density at radius 1 is 1.52 bits per heavy atom. The fourth-order valence-corrected chi connectivity index (χ4v) is 2.56. The lowest BCUT2D eigenvalue weighted by molar-refractivity contribution is -0.146. The van der Waals surface area contributed by atoms with E-state index in [1.54, 1.807) is 12.4 Å². The first-order valence-corrected chi connectivity index (χ1v) is 6.74. The lowest BCUT2D eigenvalue weighted by atomic mass is 10.1. The van der Waals surface area contributed by atoms with Gasteiger partial charge in [-0.3, -0.25) is 9.59 Å². The number of primary amides is 1. The van der Waals surface area contributed by atoms with Crippen LogP contribution in [-0.4, -0.2) is 52.5 Å². The Hall–Kier alpha value is -2.41. The van der Waals surface area contributed by atoms with Crippen molar-refractivity contribution in [1.29, 1.82) is 0 Å². The standard InChI is InChI=1S/C14H16N4O3/c15-13(20)11-8-21-5-4-18(11)12(19)6-9-7-17-14-10(9)2-1-3-16-14/h1-3,7,11H,4-6,8H2,(H2,15,20)(H,16,17)/t11-/m1/s1. The van der Waals surface area contributed by atoms with Gasteiger partial charge in [0.15, 0.2) is 0 Å². The Labute approximate surface area is 121 Å². The molecule has 0 bridgehead atoms. The van der Waals surface area contributed by atoms with Crippen molar-refractivity contribution in [3.63, 3.8) is 0 Å². The van der Waals surface area contributed by atoms with Crippen LogP contribution in [-0.2, 0) is 20.7 Å². The molecule has 3 rings (SSSR count). The van der Waals surface area contributed by atoms with Crippen molar-refractivity contribution < 1.29 is 14.3 Å². The average Bonchev–Trinajstić information content (AvgIpc) is 2.90. The molecule has 0 spiro atoms. The van der Waals surface area contributed by atoms with Gasteiger partial charge in [-0.1, -0.05) is 0 Å². The van der Waals surface area contributed by atoms with Crippen LogP contribution in [0.25, 0.3) is 11.0 Å².